The first-order chi connectivity index (χ1) is 20.1. The summed E-state index contributed by atoms with van der Waals surface area (Å²) in [6.07, 6.45) is -1.03. The predicted octanol–water partition coefficient (Wildman–Crippen LogP) is 3.83. The second-order valence-corrected chi connectivity index (χ2v) is 11.0. The molecule has 1 aromatic heterocycles. The van der Waals surface area contributed by atoms with Gasteiger partial charge in [-0.25, -0.2) is 0 Å². The molecule has 3 N–H and O–H groups in total. The number of ether oxygens (including phenoxy) is 4. The molecule has 0 aliphatic carbocycles. The molecule has 2 amide bonds. The Balaban J connectivity index is 1.75. The Morgan fingerprint density at radius 2 is 1.90 bits per heavy atom. The van der Waals surface area contributed by atoms with Gasteiger partial charge in [-0.15, -0.1) is 0 Å². The fourth-order valence-corrected chi connectivity index (χ4v) is 4.96. The molecule has 42 heavy (non-hydrogen) atoms. The lowest BCUT2D eigenvalue weighted by atomic mass is 9.92. The molecule has 0 saturated carbocycles. The van der Waals surface area contributed by atoms with Gasteiger partial charge in [0.1, 0.15) is 12.2 Å². The normalized spacial score (nSPS) is 16.9. The Hall–Kier alpha value is -3.77. The van der Waals surface area contributed by atoms with Crippen molar-refractivity contribution in [2.24, 2.45) is 5.41 Å². The molecule has 3 aromatic rings. The van der Waals surface area contributed by atoms with Gasteiger partial charge in [-0.05, 0) is 30.3 Å². The van der Waals surface area contributed by atoms with E-state index in [0.717, 1.165) is 0 Å². The van der Waals surface area contributed by atoms with Crippen molar-refractivity contribution in [2.75, 3.05) is 39.1 Å². The van der Waals surface area contributed by atoms with E-state index < -0.39 is 36.2 Å². The van der Waals surface area contributed by atoms with Crippen LogP contribution in [0.2, 0.25) is 5.02 Å². The summed E-state index contributed by atoms with van der Waals surface area (Å²) < 4.78 is 27.9. The number of hydrogen-bond acceptors (Lipinski definition) is 9. The number of methoxy groups -OCH3 is 2. The maximum Gasteiger partial charge on any atom is 0.291 e. The number of amides is 2. The number of anilines is 1. The van der Waals surface area contributed by atoms with E-state index in [-0.39, 0.29) is 32.1 Å². The topological polar surface area (TPSA) is 140 Å². The van der Waals surface area contributed by atoms with Gasteiger partial charge < -0.3 is 43.8 Å². The Bertz CT molecular complexity index is 1410. The van der Waals surface area contributed by atoms with Gasteiger partial charge in [-0.2, -0.15) is 0 Å². The molecule has 0 radical (unpaired) electrons. The van der Waals surface area contributed by atoms with E-state index in [4.69, 9.17) is 40.1 Å². The summed E-state index contributed by atoms with van der Waals surface area (Å²) in [4.78, 5) is 28.9. The second kappa shape index (κ2) is 13.5. The highest BCUT2D eigenvalue weighted by Crippen LogP contribution is 2.45. The van der Waals surface area contributed by atoms with Crippen LogP contribution in [0, 0.1) is 5.41 Å². The highest BCUT2D eigenvalue weighted by atomic mass is 35.5. The number of fused-ring (bicyclic) bond motifs is 1. The molecule has 4 rings (SSSR count). The molecule has 1 aliphatic heterocycles. The second-order valence-electron chi connectivity index (χ2n) is 10.5. The van der Waals surface area contributed by atoms with E-state index >= 15 is 0 Å². The Labute approximate surface area is 248 Å². The third-order valence-electron chi connectivity index (χ3n) is 6.88. The number of furan rings is 1. The number of hydrogen-bond donors (Lipinski definition) is 3. The quantitative estimate of drug-likeness (QED) is 0.264. The van der Waals surface area contributed by atoms with Gasteiger partial charge in [0.05, 0.1) is 32.5 Å². The minimum Gasteiger partial charge on any atom is -0.493 e. The lowest BCUT2D eigenvalue weighted by Gasteiger charge is -2.32. The minimum atomic E-state index is -1.22. The van der Waals surface area contributed by atoms with Gasteiger partial charge in [0, 0.05) is 46.9 Å². The molecular weight excluding hydrogens is 568 g/mol. The smallest absolute Gasteiger partial charge is 0.291 e. The van der Waals surface area contributed by atoms with Crippen LogP contribution in [0.4, 0.5) is 5.69 Å². The molecule has 2 aromatic carbocycles. The summed E-state index contributed by atoms with van der Waals surface area (Å²) in [7, 11) is 3.03. The summed E-state index contributed by atoms with van der Waals surface area (Å²) in [6.45, 7) is 3.10. The van der Waals surface area contributed by atoms with Gasteiger partial charge in [0.2, 0.25) is 5.91 Å². The number of para-hydroxylation sites is 1. The number of benzene rings is 2. The number of aliphatic hydroxyl groups is 2. The Morgan fingerprint density at radius 1 is 1.12 bits per heavy atom. The summed E-state index contributed by atoms with van der Waals surface area (Å²) >= 11 is 6.45. The average Bonchev–Trinajstić information content (AvgIpc) is 3.39. The van der Waals surface area contributed by atoms with Crippen molar-refractivity contribution in [1.29, 1.82) is 0 Å². The number of aliphatic hydroxyl groups excluding tert-OH is 2. The first kappa shape index (κ1) is 31.2. The molecule has 0 fully saturated rings. The van der Waals surface area contributed by atoms with Crippen LogP contribution in [-0.2, 0) is 20.9 Å². The first-order valence-electron chi connectivity index (χ1n) is 13.3. The average molecular weight is 603 g/mol. The van der Waals surface area contributed by atoms with E-state index in [0.29, 0.717) is 38.9 Å². The summed E-state index contributed by atoms with van der Waals surface area (Å²) in [6, 6.07) is 12.1. The fourth-order valence-electron chi connectivity index (χ4n) is 4.78. The van der Waals surface area contributed by atoms with E-state index in [1.807, 2.05) is 13.8 Å². The number of nitrogens with one attached hydrogen (secondary N) is 1. The van der Waals surface area contributed by atoms with Crippen molar-refractivity contribution < 1.29 is 43.2 Å². The van der Waals surface area contributed by atoms with Gasteiger partial charge in [-0.1, -0.05) is 37.6 Å². The third-order valence-corrected chi connectivity index (χ3v) is 7.12. The summed E-state index contributed by atoms with van der Waals surface area (Å²) in [5, 5.41) is 22.3. The zero-order chi connectivity index (χ0) is 30.4. The van der Waals surface area contributed by atoms with Crippen molar-refractivity contribution in [3.63, 3.8) is 0 Å². The first-order valence-corrected chi connectivity index (χ1v) is 13.6. The molecule has 11 nitrogen and oxygen atoms in total. The Morgan fingerprint density at radius 3 is 2.60 bits per heavy atom. The molecule has 0 spiro atoms. The van der Waals surface area contributed by atoms with Crippen LogP contribution in [0.3, 0.4) is 0 Å². The van der Waals surface area contributed by atoms with Gasteiger partial charge >= 0.3 is 0 Å². The standard InChI is InChI=1S/C30H35ClN2O9/c1-30(2,16-34)15-33-22-9-8-19(31)12-21(22)26(20-6-5-7-23(38-3)27(20)39-4)42-24(28(33)37)13-25(36)32-14-18-10-11-40-29(18)41-17-35/h5-12,24,26,34-35H,13-17H2,1-4H3,(H,32,36)/t24-,26-/m1/s1. The number of carbonyl (C=O) groups is 2. The van der Waals surface area contributed by atoms with Crippen LogP contribution in [0.15, 0.2) is 53.1 Å². The van der Waals surface area contributed by atoms with Crippen LogP contribution in [0.5, 0.6) is 17.4 Å². The SMILES string of the molecule is COc1cccc([C@H]2O[C@H](CC(=O)NCc3ccoc3OCO)C(=O)N(CC(C)(C)CO)c3ccc(Cl)cc32)c1OC. The Kier molecular flexibility index (Phi) is 10.00. The molecule has 12 heteroatoms. The maximum absolute atomic E-state index is 14.1. The molecule has 0 unspecified atom stereocenters. The molecule has 0 bridgehead atoms. The van der Waals surface area contributed by atoms with Gasteiger partial charge in [-0.3, -0.25) is 9.59 Å². The van der Waals surface area contributed by atoms with Crippen molar-refractivity contribution >= 4 is 29.1 Å². The van der Waals surface area contributed by atoms with E-state index in [9.17, 15) is 14.7 Å². The molecule has 2 heterocycles. The van der Waals surface area contributed by atoms with E-state index in [1.165, 1.54) is 25.4 Å². The molecule has 2 atom stereocenters. The fraction of sp³-hybridized carbons (Fsp3) is 0.400. The largest absolute Gasteiger partial charge is 0.493 e. The van der Waals surface area contributed by atoms with E-state index in [2.05, 4.69) is 5.32 Å². The predicted molar refractivity (Wildman–Crippen MR) is 154 cm³/mol. The highest BCUT2D eigenvalue weighted by molar-refractivity contribution is 6.30. The molecular formula is C30H35ClN2O9. The van der Waals surface area contributed by atoms with Crippen molar-refractivity contribution in [1.82, 2.24) is 5.32 Å². The van der Waals surface area contributed by atoms with Crippen molar-refractivity contribution in [3.8, 4) is 17.4 Å². The summed E-state index contributed by atoms with van der Waals surface area (Å²) in [5.74, 6) is 0.0337. The summed E-state index contributed by atoms with van der Waals surface area (Å²) in [5.41, 5.74) is 1.54. The monoisotopic (exact) mass is 602 g/mol. The highest BCUT2D eigenvalue weighted by Gasteiger charge is 2.40. The number of nitrogens with zero attached hydrogens (tertiary/aromatic N) is 1. The van der Waals surface area contributed by atoms with Crippen LogP contribution < -0.4 is 24.4 Å². The third kappa shape index (κ3) is 6.81. The number of carbonyl (C=O) groups excluding carboxylic acids is 2. The van der Waals surface area contributed by atoms with Crippen LogP contribution >= 0.6 is 11.6 Å². The van der Waals surface area contributed by atoms with Gasteiger partial charge in [0.15, 0.2) is 18.3 Å². The van der Waals surface area contributed by atoms with Crippen LogP contribution in [0.1, 0.15) is 43.1 Å². The zero-order valence-corrected chi connectivity index (χ0v) is 24.6. The van der Waals surface area contributed by atoms with Crippen molar-refractivity contribution in [3.05, 3.63) is 70.4 Å². The molecule has 0 saturated heterocycles. The molecule has 226 valence electrons. The number of halogens is 1. The van der Waals surface area contributed by atoms with E-state index in [1.54, 1.807) is 42.5 Å². The number of rotatable bonds is 12. The van der Waals surface area contributed by atoms with Crippen LogP contribution in [-0.4, -0.2) is 62.3 Å². The lowest BCUT2D eigenvalue weighted by Crippen LogP contribution is -2.46. The minimum absolute atomic E-state index is 0.0375. The maximum atomic E-state index is 14.1. The van der Waals surface area contributed by atoms with Gasteiger partial charge in [0.25, 0.3) is 11.9 Å². The zero-order valence-electron chi connectivity index (χ0n) is 23.9. The van der Waals surface area contributed by atoms with Crippen molar-refractivity contribution in [2.45, 2.75) is 39.0 Å². The van der Waals surface area contributed by atoms with Crippen LogP contribution in [0.25, 0.3) is 0 Å². The lowest BCUT2D eigenvalue weighted by molar-refractivity contribution is -0.138. The molecule has 1 aliphatic rings.